The fraction of sp³-hybridized carbons (Fsp3) is 0.115. The van der Waals surface area contributed by atoms with Gasteiger partial charge in [0.2, 0.25) is 10.0 Å². The van der Waals surface area contributed by atoms with Gasteiger partial charge < -0.3 is 9.30 Å². The topological polar surface area (TPSA) is 135 Å². The molecule has 0 saturated heterocycles. The van der Waals surface area contributed by atoms with Crippen molar-refractivity contribution in [1.82, 2.24) is 4.57 Å². The summed E-state index contributed by atoms with van der Waals surface area (Å²) in [5, 5.41) is 17.3. The molecule has 0 amide bonds. The number of nitrogens with zero attached hydrogens (tertiary/aromatic N) is 2. The predicted octanol–water partition coefficient (Wildman–Crippen LogP) is 5.51. The summed E-state index contributed by atoms with van der Waals surface area (Å²) in [4.78, 5) is 24.2. The Morgan fingerprint density at radius 3 is 2.27 bits per heavy atom. The largest absolute Gasteiger partial charge is 0.462 e. The lowest BCUT2D eigenvalue weighted by Gasteiger charge is -2.14. The number of ether oxygens (including phenoxy) is 1. The first-order chi connectivity index (χ1) is 17.5. The number of non-ortho nitro benzene ring substituents is 1. The molecule has 2 N–H and O–H groups in total. The standard InChI is InChI=1S/C26H22ClN3O6S/c1-3-36-26(31)23-16(2)29(20-11-13-22(14-12-20)37(28,34)35)25(17-7-9-19(27)10-8-17)24(23)18-5-4-6-21(15-18)30(32)33/h4-15H,3H2,1-2H3,(H2,28,34,35). The number of benzene rings is 3. The number of nitrogens with two attached hydrogens (primary N) is 1. The van der Waals surface area contributed by atoms with Crippen LogP contribution in [0.3, 0.4) is 0 Å². The molecule has 9 nitrogen and oxygen atoms in total. The Morgan fingerprint density at radius 1 is 1.05 bits per heavy atom. The predicted molar refractivity (Wildman–Crippen MR) is 140 cm³/mol. The van der Waals surface area contributed by atoms with Gasteiger partial charge >= 0.3 is 5.97 Å². The van der Waals surface area contributed by atoms with Crippen LogP contribution in [0.5, 0.6) is 0 Å². The highest BCUT2D eigenvalue weighted by Crippen LogP contribution is 2.42. The van der Waals surface area contributed by atoms with Gasteiger partial charge in [-0.3, -0.25) is 10.1 Å². The van der Waals surface area contributed by atoms with E-state index in [-0.39, 0.29) is 22.8 Å². The van der Waals surface area contributed by atoms with E-state index in [9.17, 15) is 23.3 Å². The van der Waals surface area contributed by atoms with Crippen LogP contribution in [-0.4, -0.2) is 30.5 Å². The van der Waals surface area contributed by atoms with Crippen LogP contribution in [0.25, 0.3) is 28.1 Å². The Bertz CT molecular complexity index is 1610. The van der Waals surface area contributed by atoms with Crippen LogP contribution in [0, 0.1) is 17.0 Å². The highest BCUT2D eigenvalue weighted by Gasteiger charge is 2.29. The van der Waals surface area contributed by atoms with E-state index in [0.29, 0.717) is 38.8 Å². The summed E-state index contributed by atoms with van der Waals surface area (Å²) in [5.74, 6) is -0.600. The summed E-state index contributed by atoms with van der Waals surface area (Å²) in [6.07, 6.45) is 0. The van der Waals surface area contributed by atoms with Crippen molar-refractivity contribution >= 4 is 33.3 Å². The van der Waals surface area contributed by atoms with Crippen molar-refractivity contribution in [3.8, 4) is 28.1 Å². The number of primary sulfonamides is 1. The quantitative estimate of drug-likeness (QED) is 0.187. The third kappa shape index (κ3) is 5.12. The summed E-state index contributed by atoms with van der Waals surface area (Å²) in [6.45, 7) is 3.53. The second-order valence-electron chi connectivity index (χ2n) is 8.09. The van der Waals surface area contributed by atoms with E-state index in [1.54, 1.807) is 66.9 Å². The van der Waals surface area contributed by atoms with Gasteiger partial charge in [0.25, 0.3) is 5.69 Å². The van der Waals surface area contributed by atoms with Crippen molar-refractivity contribution in [2.45, 2.75) is 18.7 Å². The molecule has 0 aliphatic carbocycles. The average molecular weight is 540 g/mol. The zero-order valence-electron chi connectivity index (χ0n) is 19.8. The van der Waals surface area contributed by atoms with Crippen LogP contribution in [0.4, 0.5) is 5.69 Å². The summed E-state index contributed by atoms with van der Waals surface area (Å²) in [5.41, 5.74) is 3.19. The normalized spacial score (nSPS) is 11.4. The molecule has 0 unspecified atom stereocenters. The number of halogens is 1. The van der Waals surface area contributed by atoms with Crippen LogP contribution in [0.2, 0.25) is 5.02 Å². The molecule has 0 fully saturated rings. The molecule has 0 bridgehead atoms. The number of nitro benzene ring substituents is 1. The molecule has 4 rings (SSSR count). The van der Waals surface area contributed by atoms with Crippen molar-refractivity contribution in [2.75, 3.05) is 6.61 Å². The van der Waals surface area contributed by atoms with Gasteiger partial charge in [-0.05, 0) is 61.4 Å². The number of carbonyl (C=O) groups is 1. The highest BCUT2D eigenvalue weighted by molar-refractivity contribution is 7.89. The SMILES string of the molecule is CCOC(=O)c1c(-c2cccc([N+](=O)[O-])c2)c(-c2ccc(Cl)cc2)n(-c2ccc(S(N)(=O)=O)cc2)c1C. The van der Waals surface area contributed by atoms with E-state index >= 15 is 0 Å². The fourth-order valence-electron chi connectivity index (χ4n) is 4.19. The molecule has 0 spiro atoms. The second-order valence-corrected chi connectivity index (χ2v) is 10.1. The van der Waals surface area contributed by atoms with Crippen LogP contribution in [0.15, 0.2) is 77.7 Å². The van der Waals surface area contributed by atoms with Gasteiger partial charge in [-0.2, -0.15) is 0 Å². The second kappa shape index (κ2) is 10.2. The molecule has 1 aromatic heterocycles. The van der Waals surface area contributed by atoms with Gasteiger partial charge in [-0.15, -0.1) is 0 Å². The molecule has 11 heteroatoms. The van der Waals surface area contributed by atoms with Crippen molar-refractivity contribution in [2.24, 2.45) is 5.14 Å². The minimum Gasteiger partial charge on any atom is -0.462 e. The Hall–Kier alpha value is -3.99. The Kier molecular flexibility index (Phi) is 7.17. The summed E-state index contributed by atoms with van der Waals surface area (Å²) in [6, 6.07) is 18.8. The number of hydrogen-bond acceptors (Lipinski definition) is 6. The van der Waals surface area contributed by atoms with E-state index in [1.807, 2.05) is 0 Å². The average Bonchev–Trinajstić information content (AvgIpc) is 3.17. The summed E-state index contributed by atoms with van der Waals surface area (Å²) >= 11 is 6.13. The Labute approximate surface area is 218 Å². The van der Waals surface area contributed by atoms with Gasteiger partial charge in [0.05, 0.1) is 27.7 Å². The van der Waals surface area contributed by atoms with Gasteiger partial charge in [0.1, 0.15) is 0 Å². The number of carbonyl (C=O) groups excluding carboxylic acids is 1. The molecule has 190 valence electrons. The van der Waals surface area contributed by atoms with Gasteiger partial charge in [0, 0.05) is 34.1 Å². The minimum absolute atomic E-state index is 0.0707. The lowest BCUT2D eigenvalue weighted by atomic mass is 9.96. The molecule has 1 heterocycles. The monoisotopic (exact) mass is 539 g/mol. The van der Waals surface area contributed by atoms with E-state index in [0.717, 1.165) is 0 Å². The number of nitro groups is 1. The molecule has 0 atom stereocenters. The Balaban J connectivity index is 2.13. The van der Waals surface area contributed by atoms with Crippen LogP contribution in [0.1, 0.15) is 23.0 Å². The van der Waals surface area contributed by atoms with Crippen molar-refractivity contribution in [1.29, 1.82) is 0 Å². The first-order valence-corrected chi connectivity index (χ1v) is 13.0. The molecule has 37 heavy (non-hydrogen) atoms. The maximum Gasteiger partial charge on any atom is 0.340 e. The number of sulfonamides is 1. The first kappa shape index (κ1) is 26.1. The van der Waals surface area contributed by atoms with Crippen molar-refractivity contribution in [3.05, 3.63) is 99.2 Å². The van der Waals surface area contributed by atoms with Crippen LogP contribution >= 0.6 is 11.6 Å². The molecule has 0 aliphatic heterocycles. The first-order valence-electron chi connectivity index (χ1n) is 11.1. The Morgan fingerprint density at radius 2 is 1.70 bits per heavy atom. The number of hydrogen-bond donors (Lipinski definition) is 1. The van der Waals surface area contributed by atoms with Crippen LogP contribution < -0.4 is 5.14 Å². The van der Waals surface area contributed by atoms with E-state index < -0.39 is 20.9 Å². The van der Waals surface area contributed by atoms with Gasteiger partial charge in [-0.1, -0.05) is 35.9 Å². The van der Waals surface area contributed by atoms with Crippen molar-refractivity contribution < 1.29 is 22.9 Å². The smallest absolute Gasteiger partial charge is 0.340 e. The molecule has 0 aliphatic rings. The lowest BCUT2D eigenvalue weighted by molar-refractivity contribution is -0.384. The summed E-state index contributed by atoms with van der Waals surface area (Å²) < 4.78 is 30.7. The van der Waals surface area contributed by atoms with Gasteiger partial charge in [0.15, 0.2) is 0 Å². The molecule has 3 aromatic carbocycles. The molecular formula is C26H22ClN3O6S. The highest BCUT2D eigenvalue weighted by atomic mass is 35.5. The number of esters is 1. The third-order valence-corrected chi connectivity index (χ3v) is 6.96. The van der Waals surface area contributed by atoms with Gasteiger partial charge in [-0.25, -0.2) is 18.4 Å². The maximum absolute atomic E-state index is 13.3. The zero-order chi connectivity index (χ0) is 26.9. The zero-order valence-corrected chi connectivity index (χ0v) is 21.4. The molecule has 0 radical (unpaired) electrons. The molecule has 4 aromatic rings. The van der Waals surface area contributed by atoms with Crippen molar-refractivity contribution in [3.63, 3.8) is 0 Å². The lowest BCUT2D eigenvalue weighted by Crippen LogP contribution is -2.12. The summed E-state index contributed by atoms with van der Waals surface area (Å²) in [7, 11) is -3.92. The van der Waals surface area contributed by atoms with Crippen LogP contribution in [-0.2, 0) is 14.8 Å². The fourth-order valence-corrected chi connectivity index (χ4v) is 4.83. The van der Waals surface area contributed by atoms with E-state index in [4.69, 9.17) is 21.5 Å². The molecular weight excluding hydrogens is 518 g/mol. The minimum atomic E-state index is -3.92. The number of aromatic nitrogens is 1. The van der Waals surface area contributed by atoms with E-state index in [2.05, 4.69) is 0 Å². The number of rotatable bonds is 7. The van der Waals surface area contributed by atoms with E-state index in [1.165, 1.54) is 24.3 Å². The third-order valence-electron chi connectivity index (χ3n) is 5.77. The maximum atomic E-state index is 13.3. The molecule has 0 saturated carbocycles.